The second-order valence-electron chi connectivity index (χ2n) is 5.24. The van der Waals surface area contributed by atoms with Gasteiger partial charge in [0.15, 0.2) is 0 Å². The van der Waals surface area contributed by atoms with E-state index >= 15 is 0 Å². The van der Waals surface area contributed by atoms with Crippen LogP contribution in [0.3, 0.4) is 0 Å². The standard InChI is InChI=1S/C16H14F3N/c1-10-3-5-12-13-6-4-11(2)8-15(13)20(14(12)7-10)9-16(17,18)19/h3-8H,9H2,1-2H3. The van der Waals surface area contributed by atoms with E-state index in [4.69, 9.17) is 0 Å². The van der Waals surface area contributed by atoms with Crippen molar-refractivity contribution in [2.24, 2.45) is 0 Å². The Hall–Kier alpha value is -1.97. The Bertz CT molecular complexity index is 737. The van der Waals surface area contributed by atoms with Crippen LogP contribution in [0.1, 0.15) is 11.1 Å². The first-order valence-corrected chi connectivity index (χ1v) is 6.41. The Labute approximate surface area is 114 Å². The summed E-state index contributed by atoms with van der Waals surface area (Å²) in [5.41, 5.74) is 3.20. The first kappa shape index (κ1) is 13.0. The van der Waals surface area contributed by atoms with E-state index in [0.717, 1.165) is 21.9 Å². The second-order valence-corrected chi connectivity index (χ2v) is 5.24. The fraction of sp³-hybridized carbons (Fsp3) is 0.250. The van der Waals surface area contributed by atoms with Gasteiger partial charge < -0.3 is 4.57 Å². The Morgan fingerprint density at radius 3 is 1.70 bits per heavy atom. The van der Waals surface area contributed by atoms with Gasteiger partial charge in [0.1, 0.15) is 6.54 Å². The van der Waals surface area contributed by atoms with Crippen molar-refractivity contribution in [3.63, 3.8) is 0 Å². The first-order valence-electron chi connectivity index (χ1n) is 6.41. The Morgan fingerprint density at radius 2 is 1.30 bits per heavy atom. The Kier molecular flexibility index (Phi) is 2.78. The minimum Gasteiger partial charge on any atom is -0.331 e. The number of hydrogen-bond donors (Lipinski definition) is 0. The smallest absolute Gasteiger partial charge is 0.331 e. The van der Waals surface area contributed by atoms with Gasteiger partial charge in [-0.05, 0) is 37.1 Å². The normalized spacial score (nSPS) is 12.4. The number of rotatable bonds is 1. The van der Waals surface area contributed by atoms with Crippen molar-refractivity contribution in [3.8, 4) is 0 Å². The second kappa shape index (κ2) is 4.27. The molecule has 4 heteroatoms. The molecule has 104 valence electrons. The van der Waals surface area contributed by atoms with Crippen LogP contribution >= 0.6 is 0 Å². The highest BCUT2D eigenvalue weighted by Gasteiger charge is 2.29. The lowest BCUT2D eigenvalue weighted by atomic mass is 10.1. The summed E-state index contributed by atoms with van der Waals surface area (Å²) in [5.74, 6) is 0. The van der Waals surface area contributed by atoms with E-state index in [1.807, 2.05) is 50.2 Å². The van der Waals surface area contributed by atoms with Gasteiger partial charge in [-0.25, -0.2) is 0 Å². The molecule has 0 aliphatic heterocycles. The lowest BCUT2D eigenvalue weighted by Gasteiger charge is -2.11. The molecule has 0 saturated carbocycles. The van der Waals surface area contributed by atoms with Crippen LogP contribution in [0.25, 0.3) is 21.8 Å². The van der Waals surface area contributed by atoms with Crippen LogP contribution < -0.4 is 0 Å². The number of aryl methyl sites for hydroxylation is 2. The largest absolute Gasteiger partial charge is 0.406 e. The van der Waals surface area contributed by atoms with Crippen molar-refractivity contribution in [2.45, 2.75) is 26.6 Å². The summed E-state index contributed by atoms with van der Waals surface area (Å²) in [6.45, 7) is 2.82. The molecule has 0 fully saturated rings. The van der Waals surface area contributed by atoms with Gasteiger partial charge >= 0.3 is 6.18 Å². The zero-order valence-corrected chi connectivity index (χ0v) is 11.3. The van der Waals surface area contributed by atoms with Gasteiger partial charge in [0.25, 0.3) is 0 Å². The zero-order chi connectivity index (χ0) is 14.5. The maximum Gasteiger partial charge on any atom is 0.406 e. The Balaban J connectivity index is 2.41. The molecular formula is C16H14F3N. The van der Waals surface area contributed by atoms with Gasteiger partial charge in [0.05, 0.1) is 0 Å². The zero-order valence-electron chi connectivity index (χ0n) is 11.3. The topological polar surface area (TPSA) is 4.93 Å². The van der Waals surface area contributed by atoms with Crippen molar-refractivity contribution < 1.29 is 13.2 Å². The summed E-state index contributed by atoms with van der Waals surface area (Å²) >= 11 is 0. The van der Waals surface area contributed by atoms with E-state index in [1.165, 1.54) is 4.57 Å². The van der Waals surface area contributed by atoms with Crippen LogP contribution in [0.4, 0.5) is 13.2 Å². The predicted octanol–water partition coefficient (Wildman–Crippen LogP) is 4.97. The molecule has 0 aliphatic carbocycles. The van der Waals surface area contributed by atoms with Gasteiger partial charge in [0.2, 0.25) is 0 Å². The summed E-state index contributed by atoms with van der Waals surface area (Å²) in [7, 11) is 0. The van der Waals surface area contributed by atoms with Crippen LogP contribution in [-0.2, 0) is 6.54 Å². The molecule has 0 saturated heterocycles. The van der Waals surface area contributed by atoms with Crippen molar-refractivity contribution in [3.05, 3.63) is 47.5 Å². The van der Waals surface area contributed by atoms with Gasteiger partial charge in [0, 0.05) is 21.8 Å². The van der Waals surface area contributed by atoms with Crippen molar-refractivity contribution in [1.82, 2.24) is 4.57 Å². The molecule has 0 bridgehead atoms. The lowest BCUT2D eigenvalue weighted by Crippen LogP contribution is -2.17. The average Bonchev–Trinajstić information content (AvgIpc) is 2.61. The van der Waals surface area contributed by atoms with Crippen molar-refractivity contribution >= 4 is 21.8 Å². The molecular weight excluding hydrogens is 263 g/mol. The summed E-state index contributed by atoms with van der Waals surface area (Å²) in [6.07, 6.45) is -4.23. The number of benzene rings is 2. The number of nitrogens with zero attached hydrogens (tertiary/aromatic N) is 1. The van der Waals surface area contributed by atoms with Gasteiger partial charge in [-0.3, -0.25) is 0 Å². The molecule has 0 atom stereocenters. The van der Waals surface area contributed by atoms with E-state index in [9.17, 15) is 13.2 Å². The van der Waals surface area contributed by atoms with E-state index in [1.54, 1.807) is 0 Å². The molecule has 1 aromatic heterocycles. The molecule has 0 N–H and O–H groups in total. The molecule has 0 aliphatic rings. The van der Waals surface area contributed by atoms with Gasteiger partial charge in [-0.15, -0.1) is 0 Å². The number of alkyl halides is 3. The monoisotopic (exact) mass is 277 g/mol. The number of hydrogen-bond acceptors (Lipinski definition) is 0. The Morgan fingerprint density at radius 1 is 0.850 bits per heavy atom. The van der Waals surface area contributed by atoms with Gasteiger partial charge in [-0.2, -0.15) is 13.2 Å². The molecule has 2 aromatic carbocycles. The number of fused-ring (bicyclic) bond motifs is 3. The van der Waals surface area contributed by atoms with Crippen LogP contribution in [0.2, 0.25) is 0 Å². The maximum atomic E-state index is 12.9. The van der Waals surface area contributed by atoms with E-state index < -0.39 is 12.7 Å². The van der Waals surface area contributed by atoms with Gasteiger partial charge in [-0.1, -0.05) is 24.3 Å². The lowest BCUT2D eigenvalue weighted by molar-refractivity contribution is -0.139. The predicted molar refractivity (Wildman–Crippen MR) is 75.0 cm³/mol. The average molecular weight is 277 g/mol. The molecule has 20 heavy (non-hydrogen) atoms. The minimum atomic E-state index is -4.23. The van der Waals surface area contributed by atoms with Crippen LogP contribution in [0.15, 0.2) is 36.4 Å². The molecule has 1 nitrogen and oxygen atoms in total. The van der Waals surface area contributed by atoms with Crippen molar-refractivity contribution in [1.29, 1.82) is 0 Å². The molecule has 0 radical (unpaired) electrons. The molecule has 1 heterocycles. The molecule has 0 amide bonds. The minimum absolute atomic E-state index is 0.642. The molecule has 0 unspecified atom stereocenters. The third kappa shape index (κ3) is 2.15. The third-order valence-electron chi connectivity index (χ3n) is 3.52. The van der Waals surface area contributed by atoms with Crippen LogP contribution in [0, 0.1) is 13.8 Å². The fourth-order valence-electron chi connectivity index (χ4n) is 2.66. The van der Waals surface area contributed by atoms with E-state index in [2.05, 4.69) is 0 Å². The quantitative estimate of drug-likeness (QED) is 0.591. The highest BCUT2D eigenvalue weighted by molar-refractivity contribution is 6.08. The first-order chi connectivity index (χ1) is 9.35. The van der Waals surface area contributed by atoms with Crippen LogP contribution in [0.5, 0.6) is 0 Å². The summed E-state index contributed by atoms with van der Waals surface area (Å²) < 4.78 is 39.9. The SMILES string of the molecule is Cc1ccc2c3ccc(C)cc3n(CC(F)(F)F)c2c1. The number of aromatic nitrogens is 1. The highest BCUT2D eigenvalue weighted by atomic mass is 19.4. The van der Waals surface area contributed by atoms with Crippen molar-refractivity contribution in [2.75, 3.05) is 0 Å². The highest BCUT2D eigenvalue weighted by Crippen LogP contribution is 2.32. The summed E-state index contributed by atoms with van der Waals surface area (Å²) in [5, 5.41) is 1.74. The fourth-order valence-corrected chi connectivity index (χ4v) is 2.66. The number of halogens is 3. The molecule has 0 spiro atoms. The molecule has 3 rings (SSSR count). The third-order valence-corrected chi connectivity index (χ3v) is 3.52. The van der Waals surface area contributed by atoms with E-state index in [-0.39, 0.29) is 0 Å². The summed E-state index contributed by atoms with van der Waals surface area (Å²) in [6, 6.07) is 11.3. The molecule has 3 aromatic rings. The maximum absolute atomic E-state index is 12.9. The van der Waals surface area contributed by atoms with Crippen LogP contribution in [-0.4, -0.2) is 10.7 Å². The van der Waals surface area contributed by atoms with E-state index in [0.29, 0.717) is 11.0 Å². The summed E-state index contributed by atoms with van der Waals surface area (Å²) in [4.78, 5) is 0.